The minimum atomic E-state index is -4.57. The van der Waals surface area contributed by atoms with E-state index in [9.17, 15) is 18.0 Å². The molecule has 0 saturated heterocycles. The molecule has 0 spiro atoms. The Bertz CT molecular complexity index is 1010. The van der Waals surface area contributed by atoms with Crippen LogP contribution in [0.4, 0.5) is 24.5 Å². The van der Waals surface area contributed by atoms with E-state index < -0.39 is 17.6 Å². The average Bonchev–Trinajstić information content (AvgIpc) is 3.22. The molecule has 1 N–H and O–H groups in total. The Labute approximate surface area is 146 Å². The van der Waals surface area contributed by atoms with Crippen LogP contribution in [0.3, 0.4) is 0 Å². The molecule has 1 aliphatic heterocycles. The normalized spacial score (nSPS) is 15.6. The van der Waals surface area contributed by atoms with Crippen LogP contribution in [0.25, 0.3) is 11.6 Å². The monoisotopic (exact) mass is 355 g/mol. The second-order valence-corrected chi connectivity index (χ2v) is 5.71. The molecule has 0 atom stereocenters. The maximum Gasteiger partial charge on any atom is 0.418 e. The molecule has 2 heterocycles. The van der Waals surface area contributed by atoms with Crippen LogP contribution in [0.5, 0.6) is 0 Å². The van der Waals surface area contributed by atoms with E-state index >= 15 is 0 Å². The fraction of sp³-hybridized carbons (Fsp3) is 0.0526. The second-order valence-electron chi connectivity index (χ2n) is 5.71. The number of aromatic amines is 1. The number of hydrogen-bond acceptors (Lipinski definition) is 2. The Balaban J connectivity index is 1.91. The number of carbonyl (C=O) groups excluding carboxylic acids is 1. The zero-order valence-corrected chi connectivity index (χ0v) is 13.3. The van der Waals surface area contributed by atoms with Crippen molar-refractivity contribution in [3.63, 3.8) is 0 Å². The predicted octanol–water partition coefficient (Wildman–Crippen LogP) is 4.65. The summed E-state index contributed by atoms with van der Waals surface area (Å²) in [6.07, 6.45) is 0.111. The number of H-pyrrole nitrogens is 1. The summed E-state index contributed by atoms with van der Waals surface area (Å²) in [5.74, 6) is -0.0755. The van der Waals surface area contributed by atoms with Crippen molar-refractivity contribution in [2.75, 3.05) is 4.90 Å². The summed E-state index contributed by atoms with van der Waals surface area (Å²) in [5, 5.41) is 0. The van der Waals surface area contributed by atoms with Crippen LogP contribution < -0.4 is 4.90 Å². The number of benzene rings is 2. The highest BCUT2D eigenvalue weighted by Crippen LogP contribution is 2.46. The maximum atomic E-state index is 13.4. The van der Waals surface area contributed by atoms with Gasteiger partial charge in [0, 0.05) is 18.0 Å². The van der Waals surface area contributed by atoms with E-state index in [-0.39, 0.29) is 11.3 Å². The number of anilines is 2. The van der Waals surface area contributed by atoms with Crippen LogP contribution in [0.2, 0.25) is 0 Å². The molecule has 1 aliphatic rings. The highest BCUT2D eigenvalue weighted by atomic mass is 19.4. The summed E-state index contributed by atoms with van der Waals surface area (Å²) in [4.78, 5) is 21.0. The Morgan fingerprint density at radius 1 is 1.00 bits per heavy atom. The number of amides is 1. The fourth-order valence-electron chi connectivity index (χ4n) is 3.02. The number of alkyl halides is 3. The van der Waals surface area contributed by atoms with E-state index in [4.69, 9.17) is 0 Å². The number of imidazole rings is 1. The smallest absolute Gasteiger partial charge is 0.345 e. The van der Waals surface area contributed by atoms with Gasteiger partial charge >= 0.3 is 6.18 Å². The van der Waals surface area contributed by atoms with Gasteiger partial charge in [-0.15, -0.1) is 0 Å². The van der Waals surface area contributed by atoms with Gasteiger partial charge in [-0.25, -0.2) is 4.98 Å². The first-order chi connectivity index (χ1) is 12.5. The molecule has 7 heteroatoms. The molecule has 1 amide bonds. The van der Waals surface area contributed by atoms with Gasteiger partial charge in [-0.3, -0.25) is 9.69 Å². The number of para-hydroxylation sites is 2. The largest absolute Gasteiger partial charge is 0.418 e. The molecule has 3 aromatic rings. The van der Waals surface area contributed by atoms with Gasteiger partial charge in [0.15, 0.2) is 0 Å². The van der Waals surface area contributed by atoms with E-state index in [1.807, 2.05) is 0 Å². The molecule has 0 unspecified atom stereocenters. The summed E-state index contributed by atoms with van der Waals surface area (Å²) < 4.78 is 40.3. The van der Waals surface area contributed by atoms with E-state index in [2.05, 4.69) is 9.97 Å². The molecule has 0 radical (unpaired) electrons. The average molecular weight is 355 g/mol. The minimum Gasteiger partial charge on any atom is -0.345 e. The Morgan fingerprint density at radius 2 is 1.69 bits per heavy atom. The van der Waals surface area contributed by atoms with Crippen LogP contribution in [0.1, 0.15) is 17.0 Å². The molecule has 0 saturated carbocycles. The molecular formula is C19H12F3N3O. The molecule has 130 valence electrons. The van der Waals surface area contributed by atoms with Gasteiger partial charge in [0.25, 0.3) is 5.91 Å². The number of rotatable bonds is 2. The zero-order chi connectivity index (χ0) is 18.3. The van der Waals surface area contributed by atoms with Crippen LogP contribution >= 0.6 is 0 Å². The molecule has 0 fully saturated rings. The number of nitrogens with zero attached hydrogens (tertiary/aromatic N) is 2. The number of nitrogens with one attached hydrogen (secondary N) is 1. The number of aromatic nitrogens is 2. The lowest BCUT2D eigenvalue weighted by Gasteiger charge is -2.21. The first-order valence-corrected chi connectivity index (χ1v) is 7.78. The van der Waals surface area contributed by atoms with Crippen molar-refractivity contribution in [1.29, 1.82) is 0 Å². The molecule has 4 nitrogen and oxygen atoms in total. The highest BCUT2D eigenvalue weighted by Gasteiger charge is 2.40. The third-order valence-electron chi connectivity index (χ3n) is 4.12. The Kier molecular flexibility index (Phi) is 3.64. The van der Waals surface area contributed by atoms with Crippen molar-refractivity contribution in [3.8, 4) is 0 Å². The van der Waals surface area contributed by atoms with Crippen LogP contribution in [0, 0.1) is 0 Å². The van der Waals surface area contributed by atoms with E-state index in [0.717, 1.165) is 11.0 Å². The number of hydrogen-bond donors (Lipinski definition) is 1. The summed E-state index contributed by atoms with van der Waals surface area (Å²) in [6, 6.07) is 11.8. The van der Waals surface area contributed by atoms with Gasteiger partial charge in [-0.1, -0.05) is 30.3 Å². The Hall–Kier alpha value is -3.35. The maximum absolute atomic E-state index is 13.4. The number of fused-ring (bicyclic) bond motifs is 1. The topological polar surface area (TPSA) is 49.0 Å². The lowest BCUT2D eigenvalue weighted by atomic mass is 10.1. The third-order valence-corrected chi connectivity index (χ3v) is 4.12. The van der Waals surface area contributed by atoms with Crippen molar-refractivity contribution in [2.24, 2.45) is 0 Å². The summed E-state index contributed by atoms with van der Waals surface area (Å²) >= 11 is 0. The van der Waals surface area contributed by atoms with Gasteiger partial charge in [0.2, 0.25) is 0 Å². The summed E-state index contributed by atoms with van der Waals surface area (Å²) in [6.45, 7) is 0. The van der Waals surface area contributed by atoms with E-state index in [0.29, 0.717) is 17.1 Å². The number of halogens is 3. The number of carbonyl (C=O) groups is 1. The van der Waals surface area contributed by atoms with Gasteiger partial charge in [-0.2, -0.15) is 13.2 Å². The third kappa shape index (κ3) is 2.57. The van der Waals surface area contributed by atoms with Gasteiger partial charge in [0.05, 0.1) is 22.5 Å². The fourth-order valence-corrected chi connectivity index (χ4v) is 3.02. The molecule has 2 aromatic carbocycles. The molecule has 0 aliphatic carbocycles. The van der Waals surface area contributed by atoms with Crippen LogP contribution in [0.15, 0.2) is 60.9 Å². The predicted molar refractivity (Wildman–Crippen MR) is 91.5 cm³/mol. The first kappa shape index (κ1) is 16.1. The molecule has 26 heavy (non-hydrogen) atoms. The zero-order valence-electron chi connectivity index (χ0n) is 13.3. The van der Waals surface area contributed by atoms with E-state index in [1.165, 1.54) is 30.5 Å². The second kappa shape index (κ2) is 5.87. The van der Waals surface area contributed by atoms with Crippen molar-refractivity contribution in [3.05, 3.63) is 77.9 Å². The standard InChI is InChI=1S/C19H12F3N3O/c20-19(21,22)14-6-2-4-8-16(14)25-15-7-3-1-5-12(15)13(18(25)26)11-17-23-9-10-24-17/h1-11H,(H,23,24)/b13-11-. The summed E-state index contributed by atoms with van der Waals surface area (Å²) in [5.41, 5.74) is 0.202. The summed E-state index contributed by atoms with van der Waals surface area (Å²) in [7, 11) is 0. The Morgan fingerprint density at radius 3 is 2.38 bits per heavy atom. The molecular weight excluding hydrogens is 343 g/mol. The molecule has 1 aromatic heterocycles. The van der Waals surface area contributed by atoms with Crippen molar-refractivity contribution in [2.45, 2.75) is 6.18 Å². The van der Waals surface area contributed by atoms with Crippen LogP contribution in [-0.2, 0) is 11.0 Å². The minimum absolute atomic E-state index is 0.194. The van der Waals surface area contributed by atoms with Gasteiger partial charge in [0.1, 0.15) is 5.82 Å². The lowest BCUT2D eigenvalue weighted by molar-refractivity contribution is -0.137. The van der Waals surface area contributed by atoms with E-state index in [1.54, 1.807) is 30.5 Å². The van der Waals surface area contributed by atoms with Gasteiger partial charge in [-0.05, 0) is 24.3 Å². The highest BCUT2D eigenvalue weighted by molar-refractivity contribution is 6.38. The SMILES string of the molecule is O=C1/C(=C\c2ncc[nH]2)c2ccccc2N1c1ccccc1C(F)(F)F. The first-order valence-electron chi connectivity index (χ1n) is 7.78. The van der Waals surface area contributed by atoms with Crippen molar-refractivity contribution < 1.29 is 18.0 Å². The quantitative estimate of drug-likeness (QED) is 0.681. The molecule has 0 bridgehead atoms. The van der Waals surface area contributed by atoms with Crippen LogP contribution in [-0.4, -0.2) is 15.9 Å². The van der Waals surface area contributed by atoms with Crippen molar-refractivity contribution >= 4 is 28.9 Å². The van der Waals surface area contributed by atoms with Crippen molar-refractivity contribution in [1.82, 2.24) is 9.97 Å². The lowest BCUT2D eigenvalue weighted by Crippen LogP contribution is -2.23. The molecule has 4 rings (SSSR count). The van der Waals surface area contributed by atoms with Gasteiger partial charge < -0.3 is 4.98 Å².